The Labute approximate surface area is 169 Å². The van der Waals surface area contributed by atoms with Gasteiger partial charge in [0.15, 0.2) is 5.78 Å². The molecule has 29 heavy (non-hydrogen) atoms. The summed E-state index contributed by atoms with van der Waals surface area (Å²) in [6.07, 6.45) is 2.72. The summed E-state index contributed by atoms with van der Waals surface area (Å²) in [6.45, 7) is 2.03. The third-order valence-corrected chi connectivity index (χ3v) is 4.46. The molecule has 1 fully saturated rings. The van der Waals surface area contributed by atoms with Crippen molar-refractivity contribution < 1.29 is 28.5 Å². The SMILES string of the molecule is COc1ccc(OC)c(/C=C/C(=O)c2ccc(OC(=O)N3CCOCC3)cc2)c1. The van der Waals surface area contributed by atoms with E-state index in [0.29, 0.717) is 49.1 Å². The summed E-state index contributed by atoms with van der Waals surface area (Å²) in [7, 11) is 3.14. The predicted octanol–water partition coefficient (Wildman–Crippen LogP) is 3.43. The van der Waals surface area contributed by atoms with Crippen molar-refractivity contribution in [2.45, 2.75) is 0 Å². The van der Waals surface area contributed by atoms with Crippen molar-refractivity contribution in [3.05, 3.63) is 59.7 Å². The second kappa shape index (κ2) is 9.75. The van der Waals surface area contributed by atoms with Crippen LogP contribution >= 0.6 is 0 Å². The Kier molecular flexibility index (Phi) is 6.86. The number of carbonyl (C=O) groups excluding carboxylic acids is 2. The number of ether oxygens (including phenoxy) is 4. The Morgan fingerprint density at radius 1 is 0.966 bits per heavy atom. The Balaban J connectivity index is 1.64. The van der Waals surface area contributed by atoms with Crippen molar-refractivity contribution in [2.24, 2.45) is 0 Å². The summed E-state index contributed by atoms with van der Waals surface area (Å²) >= 11 is 0. The van der Waals surface area contributed by atoms with Gasteiger partial charge in [0.2, 0.25) is 0 Å². The Hall–Kier alpha value is -3.32. The maximum absolute atomic E-state index is 12.5. The monoisotopic (exact) mass is 397 g/mol. The number of carbonyl (C=O) groups is 2. The highest BCUT2D eigenvalue weighted by molar-refractivity contribution is 6.07. The first kappa shape index (κ1) is 20.4. The summed E-state index contributed by atoms with van der Waals surface area (Å²) in [5.41, 5.74) is 1.21. The van der Waals surface area contributed by atoms with Crippen LogP contribution in [0, 0.1) is 0 Å². The third-order valence-electron chi connectivity index (χ3n) is 4.46. The first-order valence-corrected chi connectivity index (χ1v) is 9.19. The molecule has 0 saturated carbocycles. The molecule has 2 aromatic carbocycles. The highest BCUT2D eigenvalue weighted by Crippen LogP contribution is 2.25. The van der Waals surface area contributed by atoms with Crippen LogP contribution in [0.15, 0.2) is 48.5 Å². The molecule has 1 amide bonds. The summed E-state index contributed by atoms with van der Waals surface area (Å²) < 4.78 is 21.1. The normalized spacial score (nSPS) is 13.9. The second-order valence-electron chi connectivity index (χ2n) is 6.30. The molecular weight excluding hydrogens is 374 g/mol. The van der Waals surface area contributed by atoms with Crippen molar-refractivity contribution >= 4 is 18.0 Å². The molecule has 152 valence electrons. The molecule has 0 unspecified atom stereocenters. The molecule has 0 aliphatic carbocycles. The molecule has 0 aromatic heterocycles. The average molecular weight is 397 g/mol. The van der Waals surface area contributed by atoms with Crippen LogP contribution in [0.4, 0.5) is 4.79 Å². The Bertz CT molecular complexity index is 885. The first-order valence-electron chi connectivity index (χ1n) is 9.19. The van der Waals surface area contributed by atoms with E-state index in [0.717, 1.165) is 5.56 Å². The van der Waals surface area contributed by atoms with Gasteiger partial charge in [-0.2, -0.15) is 0 Å². The molecule has 3 rings (SSSR count). The molecule has 0 spiro atoms. The van der Waals surface area contributed by atoms with Crippen LogP contribution in [0.25, 0.3) is 6.08 Å². The number of allylic oxidation sites excluding steroid dienone is 1. The number of amides is 1. The zero-order valence-corrected chi connectivity index (χ0v) is 16.4. The zero-order valence-electron chi connectivity index (χ0n) is 16.4. The second-order valence-corrected chi connectivity index (χ2v) is 6.30. The standard InChI is InChI=1S/C22H23NO6/c1-26-19-8-10-21(27-2)17(15-19)5-9-20(24)16-3-6-18(7-4-16)29-22(25)23-11-13-28-14-12-23/h3-10,15H,11-14H2,1-2H3/b9-5+. The summed E-state index contributed by atoms with van der Waals surface area (Å²) in [5.74, 6) is 1.52. The lowest BCUT2D eigenvalue weighted by molar-refractivity contribution is 0.0416. The number of methoxy groups -OCH3 is 2. The van der Waals surface area contributed by atoms with E-state index in [4.69, 9.17) is 18.9 Å². The molecule has 2 aromatic rings. The summed E-state index contributed by atoms with van der Waals surface area (Å²) in [4.78, 5) is 26.2. The van der Waals surface area contributed by atoms with Crippen LogP contribution in [-0.2, 0) is 4.74 Å². The van der Waals surface area contributed by atoms with Crippen molar-refractivity contribution in [3.63, 3.8) is 0 Å². The van der Waals surface area contributed by atoms with Crippen LogP contribution in [0.1, 0.15) is 15.9 Å². The number of rotatable bonds is 6. The van der Waals surface area contributed by atoms with Gasteiger partial charge < -0.3 is 23.8 Å². The fourth-order valence-electron chi connectivity index (χ4n) is 2.83. The summed E-state index contributed by atoms with van der Waals surface area (Å²) in [6, 6.07) is 11.8. The van der Waals surface area contributed by atoms with Gasteiger partial charge in [-0.05, 0) is 54.6 Å². The van der Waals surface area contributed by atoms with Crippen LogP contribution in [0.2, 0.25) is 0 Å². The molecule has 0 atom stereocenters. The largest absolute Gasteiger partial charge is 0.497 e. The van der Waals surface area contributed by atoms with Gasteiger partial charge in [0.1, 0.15) is 17.2 Å². The molecule has 7 nitrogen and oxygen atoms in total. The van der Waals surface area contributed by atoms with Gasteiger partial charge in [0.25, 0.3) is 0 Å². The van der Waals surface area contributed by atoms with E-state index in [-0.39, 0.29) is 5.78 Å². The fraction of sp³-hybridized carbons (Fsp3) is 0.273. The highest BCUT2D eigenvalue weighted by atomic mass is 16.6. The number of nitrogens with zero attached hydrogens (tertiary/aromatic N) is 1. The van der Waals surface area contributed by atoms with E-state index in [1.807, 2.05) is 0 Å². The van der Waals surface area contributed by atoms with E-state index in [2.05, 4.69) is 0 Å². The molecular formula is C22H23NO6. The van der Waals surface area contributed by atoms with Gasteiger partial charge in [-0.1, -0.05) is 0 Å². The van der Waals surface area contributed by atoms with Gasteiger partial charge in [-0.25, -0.2) is 4.79 Å². The Morgan fingerprint density at radius 3 is 2.31 bits per heavy atom. The fourth-order valence-corrected chi connectivity index (χ4v) is 2.83. The third kappa shape index (κ3) is 5.36. The minimum absolute atomic E-state index is 0.180. The lowest BCUT2D eigenvalue weighted by Gasteiger charge is -2.25. The molecule has 1 saturated heterocycles. The Morgan fingerprint density at radius 2 is 1.66 bits per heavy atom. The summed E-state index contributed by atoms with van der Waals surface area (Å²) in [5, 5.41) is 0. The zero-order chi connectivity index (χ0) is 20.6. The number of hydrogen-bond acceptors (Lipinski definition) is 6. The van der Waals surface area contributed by atoms with E-state index in [1.165, 1.54) is 6.08 Å². The molecule has 0 radical (unpaired) electrons. The first-order chi connectivity index (χ1) is 14.1. The van der Waals surface area contributed by atoms with Crippen LogP contribution in [0.5, 0.6) is 17.2 Å². The lowest BCUT2D eigenvalue weighted by atomic mass is 10.1. The molecule has 1 aliphatic heterocycles. The van der Waals surface area contributed by atoms with Gasteiger partial charge in [0, 0.05) is 24.2 Å². The number of morpholine rings is 1. The maximum atomic E-state index is 12.5. The van der Waals surface area contributed by atoms with Crippen molar-refractivity contribution in [3.8, 4) is 17.2 Å². The smallest absolute Gasteiger partial charge is 0.415 e. The van der Waals surface area contributed by atoms with Crippen molar-refractivity contribution in [1.82, 2.24) is 4.90 Å². The highest BCUT2D eigenvalue weighted by Gasteiger charge is 2.18. The molecule has 1 heterocycles. The minimum atomic E-state index is -0.419. The van der Waals surface area contributed by atoms with E-state index < -0.39 is 6.09 Å². The minimum Gasteiger partial charge on any atom is -0.497 e. The molecule has 0 bridgehead atoms. The topological polar surface area (TPSA) is 74.3 Å². The number of benzene rings is 2. The lowest BCUT2D eigenvalue weighted by Crippen LogP contribution is -2.42. The van der Waals surface area contributed by atoms with E-state index in [9.17, 15) is 9.59 Å². The number of ketones is 1. The van der Waals surface area contributed by atoms with Crippen LogP contribution < -0.4 is 14.2 Å². The van der Waals surface area contributed by atoms with E-state index in [1.54, 1.807) is 67.7 Å². The van der Waals surface area contributed by atoms with Crippen molar-refractivity contribution in [2.75, 3.05) is 40.5 Å². The number of hydrogen-bond donors (Lipinski definition) is 0. The van der Waals surface area contributed by atoms with Crippen LogP contribution in [-0.4, -0.2) is 57.3 Å². The molecule has 1 aliphatic rings. The molecule has 0 N–H and O–H groups in total. The van der Waals surface area contributed by atoms with Crippen LogP contribution in [0.3, 0.4) is 0 Å². The predicted molar refractivity (Wildman–Crippen MR) is 108 cm³/mol. The van der Waals surface area contributed by atoms with Gasteiger partial charge in [-0.15, -0.1) is 0 Å². The van der Waals surface area contributed by atoms with Crippen molar-refractivity contribution in [1.29, 1.82) is 0 Å². The van der Waals surface area contributed by atoms with Gasteiger partial charge >= 0.3 is 6.09 Å². The van der Waals surface area contributed by atoms with E-state index >= 15 is 0 Å². The van der Waals surface area contributed by atoms with Gasteiger partial charge in [-0.3, -0.25) is 4.79 Å². The quantitative estimate of drug-likeness (QED) is 0.549. The average Bonchev–Trinajstić information content (AvgIpc) is 2.78. The van der Waals surface area contributed by atoms with Gasteiger partial charge in [0.05, 0.1) is 27.4 Å². The maximum Gasteiger partial charge on any atom is 0.415 e. The molecule has 7 heteroatoms.